The van der Waals surface area contributed by atoms with Gasteiger partial charge in [-0.25, -0.2) is 4.98 Å². The summed E-state index contributed by atoms with van der Waals surface area (Å²) >= 11 is 13.6. The molecule has 5 N–H and O–H groups in total. The molecule has 0 spiro atoms. The van der Waals surface area contributed by atoms with Crippen molar-refractivity contribution in [2.45, 2.75) is 36.1 Å². The first kappa shape index (κ1) is 25.0. The number of fused-ring (bicyclic) bond motifs is 2. The van der Waals surface area contributed by atoms with Crippen molar-refractivity contribution in [3.63, 3.8) is 0 Å². The smallest absolute Gasteiger partial charge is 0.330 e. The van der Waals surface area contributed by atoms with Crippen LogP contribution >= 0.6 is 43.6 Å². The van der Waals surface area contributed by atoms with E-state index in [4.69, 9.17) is 47.5 Å². The molecule has 0 amide bonds. The van der Waals surface area contributed by atoms with Crippen LogP contribution in [-0.2, 0) is 13.8 Å². The molecule has 5 rings (SSSR count). The number of para-hydroxylation sites is 1. The number of rotatable bonds is 7. The number of aliphatic hydroxyl groups is 1. The Kier molecular flexibility index (Phi) is 7.40. The van der Waals surface area contributed by atoms with Crippen molar-refractivity contribution in [3.8, 4) is 5.75 Å². The van der Waals surface area contributed by atoms with Crippen molar-refractivity contribution in [2.75, 3.05) is 24.7 Å². The molecule has 2 aliphatic heterocycles. The number of aromatic amines is 1. The third kappa shape index (κ3) is 4.97. The lowest BCUT2D eigenvalue weighted by molar-refractivity contribution is -0.0614. The molecule has 2 saturated heterocycles. The maximum atomic E-state index is 12.5. The van der Waals surface area contributed by atoms with Crippen molar-refractivity contribution >= 4 is 60.7 Å². The van der Waals surface area contributed by atoms with Gasteiger partial charge >= 0.3 is 8.60 Å². The van der Waals surface area contributed by atoms with E-state index in [-0.39, 0.29) is 23.7 Å². The lowest BCUT2D eigenvalue weighted by Crippen LogP contribution is -2.38. The van der Waals surface area contributed by atoms with Gasteiger partial charge in [-0.3, -0.25) is 14.3 Å². The Bertz CT molecular complexity index is 1280. The van der Waals surface area contributed by atoms with Crippen LogP contribution in [0.4, 0.5) is 5.95 Å². The normalized spacial score (nSPS) is 26.2. The Hall–Kier alpha value is -1.67. The van der Waals surface area contributed by atoms with E-state index in [1.807, 2.05) is 0 Å². The predicted molar refractivity (Wildman–Crippen MR) is 130 cm³/mol. The van der Waals surface area contributed by atoms with Crippen LogP contribution in [0.25, 0.3) is 11.2 Å². The van der Waals surface area contributed by atoms with Crippen LogP contribution in [0.5, 0.6) is 5.75 Å². The number of nitrogen functional groups attached to an aromatic ring is 1. The Balaban J connectivity index is 1.36. The summed E-state index contributed by atoms with van der Waals surface area (Å²) in [6.45, 7) is 0.383. The summed E-state index contributed by atoms with van der Waals surface area (Å²) in [6, 6.07) is 5.11. The van der Waals surface area contributed by atoms with Crippen molar-refractivity contribution in [1.82, 2.24) is 19.5 Å². The molecule has 12 nitrogen and oxygen atoms in total. The lowest BCUT2D eigenvalue weighted by Gasteiger charge is -2.27. The van der Waals surface area contributed by atoms with Gasteiger partial charge < -0.3 is 34.3 Å². The van der Waals surface area contributed by atoms with Gasteiger partial charge in [-0.2, -0.15) is 4.98 Å². The number of hydrogen-bond acceptors (Lipinski definition) is 11. The predicted octanol–water partition coefficient (Wildman–Crippen LogP) is 2.46. The quantitative estimate of drug-likeness (QED) is 0.189. The van der Waals surface area contributed by atoms with Crippen LogP contribution in [-0.4, -0.2) is 66.8 Å². The fraction of sp³-hybridized carbons (Fsp3) is 0.421. The number of imidazole rings is 1. The summed E-state index contributed by atoms with van der Waals surface area (Å²) in [4.78, 5) is 33.2. The molecule has 4 heterocycles. The molecule has 5 atom stereocenters. The Morgan fingerprint density at radius 3 is 2.89 bits per heavy atom. The van der Waals surface area contributed by atoms with Crippen LogP contribution in [0.3, 0.4) is 0 Å². The van der Waals surface area contributed by atoms with Crippen molar-refractivity contribution in [2.24, 2.45) is 0 Å². The molecule has 0 bridgehead atoms. The molecule has 0 aliphatic carbocycles. The first-order valence-electron chi connectivity index (χ1n) is 10.4. The van der Waals surface area contributed by atoms with E-state index in [2.05, 4.69) is 15.0 Å². The zero-order valence-electron chi connectivity index (χ0n) is 17.8. The standard InChI is InChI=1S/C19H20Cl2N5O7PS/c20-8-3-1-4-9(21)13(8)30-5-2-6-35-19-23-11-15(24-18(22)25-16(11)28)26(19)17-12(27)14-10(32-17)7-31-34(29)33-14/h1,3-4,10,12,14,17,27,29H,2,5-7H2,(H3,22,24,25,28). The largest absolute Gasteiger partial charge is 0.490 e. The van der Waals surface area contributed by atoms with Crippen LogP contribution in [0, 0.1) is 0 Å². The average Bonchev–Trinajstić information content (AvgIpc) is 3.32. The summed E-state index contributed by atoms with van der Waals surface area (Å²) in [5.41, 5.74) is 5.44. The molecular formula is C19H20Cl2N5O7PS. The van der Waals surface area contributed by atoms with Gasteiger partial charge in [0.15, 0.2) is 28.3 Å². The molecule has 35 heavy (non-hydrogen) atoms. The number of aliphatic hydroxyl groups excluding tert-OH is 1. The summed E-state index contributed by atoms with van der Waals surface area (Å²) in [5, 5.41) is 12.1. The first-order chi connectivity index (χ1) is 16.8. The minimum Gasteiger partial charge on any atom is -0.490 e. The van der Waals surface area contributed by atoms with Crippen LogP contribution in [0.2, 0.25) is 10.0 Å². The highest BCUT2D eigenvalue weighted by Gasteiger charge is 2.50. The number of H-pyrrole nitrogens is 1. The summed E-state index contributed by atoms with van der Waals surface area (Å²) in [7, 11) is -2.11. The summed E-state index contributed by atoms with van der Waals surface area (Å²) in [5.74, 6) is 0.847. The second kappa shape index (κ2) is 10.4. The van der Waals surface area contributed by atoms with E-state index in [0.717, 1.165) is 0 Å². The Morgan fingerprint density at radius 2 is 2.11 bits per heavy atom. The fourth-order valence-corrected chi connectivity index (χ4v) is 6.04. The topological polar surface area (TPSA) is 167 Å². The molecule has 0 radical (unpaired) electrons. The van der Waals surface area contributed by atoms with Gasteiger partial charge in [-0.1, -0.05) is 41.0 Å². The second-order valence-corrected chi connectivity index (χ2v) is 10.5. The highest BCUT2D eigenvalue weighted by atomic mass is 35.5. The molecular weight excluding hydrogens is 544 g/mol. The van der Waals surface area contributed by atoms with Crippen molar-refractivity contribution < 1.29 is 28.5 Å². The number of nitrogens with zero attached hydrogens (tertiary/aromatic N) is 3. The van der Waals surface area contributed by atoms with E-state index in [1.165, 1.54) is 16.3 Å². The number of thioether (sulfide) groups is 1. The highest BCUT2D eigenvalue weighted by Crippen LogP contribution is 2.47. The maximum absolute atomic E-state index is 12.5. The van der Waals surface area contributed by atoms with Gasteiger partial charge in [-0.15, -0.1) is 0 Å². The second-order valence-electron chi connectivity index (χ2n) is 7.65. The minimum atomic E-state index is -2.11. The van der Waals surface area contributed by atoms with E-state index < -0.39 is 38.7 Å². The van der Waals surface area contributed by atoms with E-state index in [0.29, 0.717) is 39.7 Å². The molecule has 16 heteroatoms. The van der Waals surface area contributed by atoms with E-state index in [1.54, 1.807) is 18.2 Å². The van der Waals surface area contributed by atoms with Crippen LogP contribution < -0.4 is 16.0 Å². The van der Waals surface area contributed by atoms with Crippen LogP contribution in [0.1, 0.15) is 12.6 Å². The summed E-state index contributed by atoms with van der Waals surface area (Å²) in [6.07, 6.45) is -3.01. The SMILES string of the molecule is Nc1nc2c(nc(SCCCOc3c(Cl)cccc3Cl)n2C2OC3COP(O)OC3C2O)c(=O)[nH]1. The molecule has 2 aromatic heterocycles. The lowest BCUT2D eigenvalue weighted by atomic mass is 10.1. The van der Waals surface area contributed by atoms with E-state index >= 15 is 0 Å². The third-order valence-corrected chi connectivity index (χ3v) is 7.77. The third-order valence-electron chi connectivity index (χ3n) is 5.35. The molecule has 0 saturated carbocycles. The zero-order chi connectivity index (χ0) is 24.7. The monoisotopic (exact) mass is 563 g/mol. The number of halogens is 2. The molecule has 188 valence electrons. The number of anilines is 1. The Labute approximate surface area is 213 Å². The van der Waals surface area contributed by atoms with Crippen molar-refractivity contribution in [1.29, 1.82) is 0 Å². The van der Waals surface area contributed by atoms with Crippen LogP contribution in [0.15, 0.2) is 28.2 Å². The van der Waals surface area contributed by atoms with Gasteiger partial charge in [-0.05, 0) is 18.6 Å². The maximum Gasteiger partial charge on any atom is 0.330 e. The van der Waals surface area contributed by atoms with Gasteiger partial charge in [0.25, 0.3) is 5.56 Å². The minimum absolute atomic E-state index is 0.0491. The van der Waals surface area contributed by atoms with Gasteiger partial charge in [0.05, 0.1) is 23.3 Å². The number of benzene rings is 1. The van der Waals surface area contributed by atoms with Gasteiger partial charge in [0.1, 0.15) is 18.3 Å². The number of nitrogens with one attached hydrogen (secondary N) is 1. The number of ether oxygens (including phenoxy) is 2. The zero-order valence-corrected chi connectivity index (χ0v) is 21.1. The van der Waals surface area contributed by atoms with E-state index in [9.17, 15) is 14.8 Å². The molecule has 2 fully saturated rings. The highest BCUT2D eigenvalue weighted by molar-refractivity contribution is 7.99. The molecule has 1 aromatic carbocycles. The molecule has 5 unspecified atom stereocenters. The number of hydrogen-bond donors (Lipinski definition) is 4. The summed E-state index contributed by atoms with van der Waals surface area (Å²) < 4.78 is 23.7. The van der Waals surface area contributed by atoms with Crippen molar-refractivity contribution in [3.05, 3.63) is 38.6 Å². The number of aromatic nitrogens is 4. The van der Waals surface area contributed by atoms with Gasteiger partial charge in [0.2, 0.25) is 5.95 Å². The number of nitrogens with two attached hydrogens (primary N) is 1. The van der Waals surface area contributed by atoms with Gasteiger partial charge in [0, 0.05) is 5.75 Å². The fourth-order valence-electron chi connectivity index (χ4n) is 3.80. The first-order valence-corrected chi connectivity index (χ1v) is 13.3. The Morgan fingerprint density at radius 1 is 1.34 bits per heavy atom. The molecule has 2 aliphatic rings. The average molecular weight is 564 g/mol. The molecule has 3 aromatic rings.